The lowest BCUT2D eigenvalue weighted by Gasteiger charge is -1.97. The van der Waals surface area contributed by atoms with Crippen molar-refractivity contribution in [2.45, 2.75) is 19.8 Å². The Hall–Kier alpha value is -1.24. The summed E-state index contributed by atoms with van der Waals surface area (Å²) < 4.78 is 5.30. The summed E-state index contributed by atoms with van der Waals surface area (Å²) in [5.74, 6) is 0. The molecule has 1 aromatic carbocycles. The zero-order chi connectivity index (χ0) is 9.36. The van der Waals surface area contributed by atoms with E-state index in [0.29, 0.717) is 0 Å². The van der Waals surface area contributed by atoms with E-state index in [4.69, 9.17) is 4.74 Å². The third-order valence-electron chi connectivity index (χ3n) is 1.77. The molecule has 0 aliphatic heterocycles. The molecule has 1 heteroatoms. The minimum atomic E-state index is 0.819. The van der Waals surface area contributed by atoms with E-state index in [1.165, 1.54) is 12.0 Å². The Labute approximate surface area is 80.0 Å². The van der Waals surface area contributed by atoms with Gasteiger partial charge in [0.25, 0.3) is 0 Å². The molecule has 0 atom stereocenters. The van der Waals surface area contributed by atoms with Crippen molar-refractivity contribution in [2.75, 3.05) is 6.61 Å². The van der Waals surface area contributed by atoms with Crippen molar-refractivity contribution >= 4 is 6.08 Å². The minimum absolute atomic E-state index is 0.819. The monoisotopic (exact) mass is 176 g/mol. The Morgan fingerprint density at radius 2 is 2.00 bits per heavy atom. The van der Waals surface area contributed by atoms with Crippen molar-refractivity contribution in [3.63, 3.8) is 0 Å². The molecule has 0 unspecified atom stereocenters. The summed E-state index contributed by atoms with van der Waals surface area (Å²) in [6.45, 7) is 2.98. The van der Waals surface area contributed by atoms with Crippen LogP contribution < -0.4 is 0 Å². The molecule has 0 aliphatic carbocycles. The van der Waals surface area contributed by atoms with E-state index >= 15 is 0 Å². The molecule has 0 amide bonds. The number of benzene rings is 1. The molecular weight excluding hydrogens is 160 g/mol. The van der Waals surface area contributed by atoms with Crippen molar-refractivity contribution in [2.24, 2.45) is 0 Å². The summed E-state index contributed by atoms with van der Waals surface area (Å²) in [5.41, 5.74) is 1.18. The first-order chi connectivity index (χ1) is 6.43. The van der Waals surface area contributed by atoms with Crippen LogP contribution in [-0.2, 0) is 4.74 Å². The average Bonchev–Trinajstić information content (AvgIpc) is 2.19. The number of hydrogen-bond donors (Lipinski definition) is 0. The zero-order valence-electron chi connectivity index (χ0n) is 8.07. The highest BCUT2D eigenvalue weighted by molar-refractivity contribution is 5.47. The molecular formula is C12H16O. The van der Waals surface area contributed by atoms with E-state index in [1.54, 1.807) is 6.26 Å². The van der Waals surface area contributed by atoms with Crippen molar-refractivity contribution < 1.29 is 4.74 Å². The first-order valence-corrected chi connectivity index (χ1v) is 4.76. The van der Waals surface area contributed by atoms with Gasteiger partial charge >= 0.3 is 0 Å². The van der Waals surface area contributed by atoms with E-state index in [2.05, 4.69) is 19.1 Å². The maximum absolute atomic E-state index is 5.30. The largest absolute Gasteiger partial charge is 0.501 e. The number of unbranched alkanes of at least 4 members (excludes halogenated alkanes) is 1. The molecule has 0 saturated carbocycles. The SMILES string of the molecule is CCCCO/C=C/c1ccccc1. The molecule has 1 aromatic rings. The molecule has 1 nitrogen and oxygen atoms in total. The molecule has 0 heterocycles. The van der Waals surface area contributed by atoms with Gasteiger partial charge in [-0.3, -0.25) is 0 Å². The van der Waals surface area contributed by atoms with Gasteiger partial charge in [0.1, 0.15) is 0 Å². The first kappa shape index (κ1) is 9.85. The maximum atomic E-state index is 5.30. The van der Waals surface area contributed by atoms with Gasteiger partial charge in [-0.2, -0.15) is 0 Å². The molecule has 0 N–H and O–H groups in total. The summed E-state index contributed by atoms with van der Waals surface area (Å²) in [4.78, 5) is 0. The highest BCUT2D eigenvalue weighted by atomic mass is 16.5. The fourth-order valence-corrected chi connectivity index (χ4v) is 0.987. The Balaban J connectivity index is 2.25. The van der Waals surface area contributed by atoms with E-state index in [9.17, 15) is 0 Å². The van der Waals surface area contributed by atoms with E-state index in [0.717, 1.165) is 13.0 Å². The molecule has 13 heavy (non-hydrogen) atoms. The van der Waals surface area contributed by atoms with Gasteiger partial charge in [0, 0.05) is 0 Å². The van der Waals surface area contributed by atoms with Crippen LogP contribution in [0.2, 0.25) is 0 Å². The number of hydrogen-bond acceptors (Lipinski definition) is 1. The summed E-state index contributed by atoms with van der Waals surface area (Å²) in [6, 6.07) is 10.2. The second kappa shape index (κ2) is 6.30. The molecule has 0 aromatic heterocycles. The summed E-state index contributed by atoms with van der Waals surface area (Å²) in [6.07, 6.45) is 6.05. The quantitative estimate of drug-likeness (QED) is 0.493. The van der Waals surface area contributed by atoms with Gasteiger partial charge in [-0.15, -0.1) is 0 Å². The van der Waals surface area contributed by atoms with Crippen LogP contribution >= 0.6 is 0 Å². The smallest absolute Gasteiger partial charge is 0.0873 e. The fraction of sp³-hybridized carbons (Fsp3) is 0.333. The molecule has 0 radical (unpaired) electrons. The predicted molar refractivity (Wildman–Crippen MR) is 56.3 cm³/mol. The number of rotatable bonds is 5. The fourth-order valence-electron chi connectivity index (χ4n) is 0.987. The second-order valence-electron chi connectivity index (χ2n) is 2.94. The van der Waals surface area contributed by atoms with Gasteiger partial charge in [0.15, 0.2) is 0 Å². The average molecular weight is 176 g/mol. The van der Waals surface area contributed by atoms with Gasteiger partial charge in [-0.05, 0) is 18.1 Å². The third-order valence-corrected chi connectivity index (χ3v) is 1.77. The van der Waals surface area contributed by atoms with Crippen LogP contribution in [0.3, 0.4) is 0 Å². The topological polar surface area (TPSA) is 9.23 Å². The Morgan fingerprint density at radius 3 is 2.69 bits per heavy atom. The van der Waals surface area contributed by atoms with Crippen LogP contribution in [0.1, 0.15) is 25.3 Å². The van der Waals surface area contributed by atoms with Crippen LogP contribution in [0.4, 0.5) is 0 Å². The molecule has 0 saturated heterocycles. The van der Waals surface area contributed by atoms with Crippen LogP contribution in [0.15, 0.2) is 36.6 Å². The van der Waals surface area contributed by atoms with E-state index in [1.807, 2.05) is 24.3 Å². The molecule has 0 aliphatic rings. The van der Waals surface area contributed by atoms with Crippen LogP contribution in [0, 0.1) is 0 Å². The van der Waals surface area contributed by atoms with Crippen LogP contribution in [0.25, 0.3) is 6.08 Å². The molecule has 0 spiro atoms. The van der Waals surface area contributed by atoms with Crippen LogP contribution in [-0.4, -0.2) is 6.61 Å². The van der Waals surface area contributed by atoms with Crippen LogP contribution in [0.5, 0.6) is 0 Å². The van der Waals surface area contributed by atoms with Gasteiger partial charge in [-0.25, -0.2) is 0 Å². The molecule has 70 valence electrons. The minimum Gasteiger partial charge on any atom is -0.501 e. The van der Waals surface area contributed by atoms with E-state index in [-0.39, 0.29) is 0 Å². The van der Waals surface area contributed by atoms with Crippen molar-refractivity contribution in [3.05, 3.63) is 42.2 Å². The first-order valence-electron chi connectivity index (χ1n) is 4.76. The Kier molecular flexibility index (Phi) is 4.77. The van der Waals surface area contributed by atoms with Gasteiger partial charge in [0.05, 0.1) is 12.9 Å². The van der Waals surface area contributed by atoms with Crippen molar-refractivity contribution in [1.82, 2.24) is 0 Å². The predicted octanol–water partition coefficient (Wildman–Crippen LogP) is 3.47. The molecule has 0 bridgehead atoms. The lowest BCUT2D eigenvalue weighted by Crippen LogP contribution is -1.84. The van der Waals surface area contributed by atoms with Crippen molar-refractivity contribution in [1.29, 1.82) is 0 Å². The highest BCUT2D eigenvalue weighted by Crippen LogP contribution is 2.01. The van der Waals surface area contributed by atoms with Gasteiger partial charge < -0.3 is 4.74 Å². The normalized spacial score (nSPS) is 10.5. The van der Waals surface area contributed by atoms with Gasteiger partial charge in [0.2, 0.25) is 0 Å². The molecule has 0 fully saturated rings. The lowest BCUT2D eigenvalue weighted by molar-refractivity contribution is 0.246. The number of ether oxygens (including phenoxy) is 1. The maximum Gasteiger partial charge on any atom is 0.0873 e. The third kappa shape index (κ3) is 4.36. The summed E-state index contributed by atoms with van der Waals surface area (Å²) >= 11 is 0. The molecule has 1 rings (SSSR count). The zero-order valence-corrected chi connectivity index (χ0v) is 8.07. The summed E-state index contributed by atoms with van der Waals surface area (Å²) in [7, 11) is 0. The van der Waals surface area contributed by atoms with Crippen molar-refractivity contribution in [3.8, 4) is 0 Å². The standard InChI is InChI=1S/C12H16O/c1-2-3-10-13-11-9-12-7-5-4-6-8-12/h4-9,11H,2-3,10H2,1H3/b11-9+. The summed E-state index contributed by atoms with van der Waals surface area (Å²) in [5, 5.41) is 0. The van der Waals surface area contributed by atoms with E-state index < -0.39 is 0 Å². The Bertz CT molecular complexity index is 239. The Morgan fingerprint density at radius 1 is 1.23 bits per heavy atom. The van der Waals surface area contributed by atoms with Gasteiger partial charge in [-0.1, -0.05) is 43.7 Å². The lowest BCUT2D eigenvalue weighted by atomic mass is 10.2. The highest BCUT2D eigenvalue weighted by Gasteiger charge is 1.83. The second-order valence-corrected chi connectivity index (χ2v) is 2.94.